The van der Waals surface area contributed by atoms with E-state index in [4.69, 9.17) is 16.7 Å². The largest absolute Gasteiger partial charge is 0.355 e. The molecule has 0 fully saturated rings. The first-order valence-corrected chi connectivity index (χ1v) is 10.2. The minimum absolute atomic E-state index is 0.0551. The lowest BCUT2D eigenvalue weighted by Crippen LogP contribution is -2.22. The number of nitrogens with one attached hydrogen (secondary N) is 3. The van der Waals surface area contributed by atoms with Crippen LogP contribution in [0.15, 0.2) is 29.3 Å². The molecular weight excluding hydrogens is 449 g/mol. The monoisotopic (exact) mass is 462 g/mol. The Bertz CT molecular complexity index is 1250. The minimum Gasteiger partial charge on any atom is -0.355 e. The summed E-state index contributed by atoms with van der Waals surface area (Å²) in [7, 11) is -3.74. The number of benzene rings is 2. The summed E-state index contributed by atoms with van der Waals surface area (Å²) < 4.78 is 63.6. The number of H-pyrrole nitrogens is 1. The second-order valence-electron chi connectivity index (χ2n) is 5.99. The topological polar surface area (TPSA) is 145 Å². The van der Waals surface area contributed by atoms with Crippen molar-refractivity contribution in [1.29, 1.82) is 0 Å². The summed E-state index contributed by atoms with van der Waals surface area (Å²) in [5.41, 5.74) is 1.29. The van der Waals surface area contributed by atoms with E-state index in [-0.39, 0.29) is 40.1 Å². The number of nitrogens with zero attached hydrogens (tertiary/aromatic N) is 2. The third kappa shape index (κ3) is 4.81. The highest BCUT2D eigenvalue weighted by molar-refractivity contribution is 7.89. The Hall–Kier alpha value is -2.87. The summed E-state index contributed by atoms with van der Waals surface area (Å²) in [4.78, 5) is 10.5. The fourth-order valence-corrected chi connectivity index (χ4v) is 3.08. The zero-order chi connectivity index (χ0) is 22.1. The van der Waals surface area contributed by atoms with Crippen molar-refractivity contribution in [3.05, 3.63) is 52.3 Å². The number of fused-ring (bicyclic) bond motifs is 1. The Morgan fingerprint density at radius 1 is 1.27 bits per heavy atom. The van der Waals surface area contributed by atoms with Gasteiger partial charge in [0.2, 0.25) is 16.0 Å². The van der Waals surface area contributed by atoms with Crippen LogP contribution in [0.2, 0.25) is 5.02 Å². The van der Waals surface area contributed by atoms with Crippen molar-refractivity contribution >= 4 is 50.1 Å². The van der Waals surface area contributed by atoms with Crippen LogP contribution in [0.3, 0.4) is 0 Å². The van der Waals surface area contributed by atoms with Gasteiger partial charge in [-0.3, -0.25) is 10.7 Å². The molecule has 0 amide bonds. The number of imidazole rings is 1. The van der Waals surface area contributed by atoms with Crippen molar-refractivity contribution in [3.63, 3.8) is 0 Å². The van der Waals surface area contributed by atoms with Gasteiger partial charge in [-0.25, -0.2) is 36.7 Å². The lowest BCUT2D eigenvalue weighted by molar-refractivity contribution is 0.235. The van der Waals surface area contributed by atoms with E-state index in [1.807, 2.05) is 0 Å². The summed E-state index contributed by atoms with van der Waals surface area (Å²) in [6, 6.07) is 4.22. The molecule has 0 radical (unpaired) electrons. The molecule has 3 aromatic rings. The van der Waals surface area contributed by atoms with Crippen LogP contribution >= 0.6 is 11.6 Å². The first-order valence-electron chi connectivity index (χ1n) is 8.15. The van der Waals surface area contributed by atoms with Gasteiger partial charge in [0.1, 0.15) is 11.3 Å². The number of hydroxylamine groups is 1. The average molecular weight is 463 g/mol. The van der Waals surface area contributed by atoms with Crippen molar-refractivity contribution in [1.82, 2.24) is 15.4 Å². The minimum atomic E-state index is -3.74. The number of aromatic nitrogens is 2. The van der Waals surface area contributed by atoms with Gasteiger partial charge in [0.05, 0.1) is 22.0 Å². The molecule has 0 atom stereocenters. The number of anilines is 1. The first kappa shape index (κ1) is 21.8. The molecule has 0 aliphatic heterocycles. The molecule has 0 spiro atoms. The van der Waals surface area contributed by atoms with Crippen LogP contribution in [0.25, 0.3) is 11.0 Å². The SMILES string of the molecule is NS(=O)(=O)CCNc1nc2c(F)c(F)cc(C(=Nc3ccc(F)c(Cl)c3)NO)c2[nH]1. The van der Waals surface area contributed by atoms with Crippen LogP contribution in [0.5, 0.6) is 0 Å². The molecule has 0 aliphatic carbocycles. The third-order valence-electron chi connectivity index (χ3n) is 3.85. The smallest absolute Gasteiger partial charge is 0.210 e. The van der Waals surface area contributed by atoms with Gasteiger partial charge in [0.15, 0.2) is 17.5 Å². The molecule has 0 bridgehead atoms. The third-order valence-corrected chi connectivity index (χ3v) is 4.91. The molecular formula is C16H14ClF3N6O3S. The van der Waals surface area contributed by atoms with Crippen LogP contribution in [0.4, 0.5) is 24.8 Å². The number of halogens is 4. The van der Waals surface area contributed by atoms with E-state index in [0.29, 0.717) is 0 Å². The lowest BCUT2D eigenvalue weighted by Gasteiger charge is -2.08. The van der Waals surface area contributed by atoms with E-state index in [1.165, 1.54) is 12.1 Å². The highest BCUT2D eigenvalue weighted by Gasteiger charge is 2.20. The Balaban J connectivity index is 2.06. The van der Waals surface area contributed by atoms with Gasteiger partial charge in [-0.15, -0.1) is 0 Å². The summed E-state index contributed by atoms with van der Waals surface area (Å²) in [6.45, 7) is -0.147. The molecule has 3 rings (SSSR count). The lowest BCUT2D eigenvalue weighted by atomic mass is 10.1. The summed E-state index contributed by atoms with van der Waals surface area (Å²) in [6.07, 6.45) is 0. The van der Waals surface area contributed by atoms with E-state index in [2.05, 4.69) is 20.3 Å². The van der Waals surface area contributed by atoms with Gasteiger partial charge in [0, 0.05) is 12.1 Å². The van der Waals surface area contributed by atoms with Gasteiger partial charge in [-0.05, 0) is 24.3 Å². The van der Waals surface area contributed by atoms with Crippen molar-refractivity contribution in [2.24, 2.45) is 10.1 Å². The fraction of sp³-hybridized carbons (Fsp3) is 0.125. The number of nitrogens with two attached hydrogens (primary N) is 1. The number of rotatable bonds is 6. The average Bonchev–Trinajstić information content (AvgIpc) is 3.09. The molecule has 2 aromatic carbocycles. The first-order chi connectivity index (χ1) is 14.1. The standard InChI is InChI=1S/C16H14ClF3N6O3S/c17-9-5-7(1-2-10(9)18)23-15(26-27)8-6-11(19)12(20)14-13(8)24-16(25-14)22-3-4-30(21,28)29/h1-2,5-6,27H,3-4H2,(H,23,26)(H2,21,28,29)(H2,22,24,25). The number of hydrogen-bond donors (Lipinski definition) is 5. The number of aromatic amines is 1. The van der Waals surface area contributed by atoms with Gasteiger partial charge >= 0.3 is 0 Å². The second kappa shape index (κ2) is 8.47. The molecule has 0 aliphatic rings. The molecule has 1 aromatic heterocycles. The zero-order valence-corrected chi connectivity index (χ0v) is 16.5. The molecule has 9 nitrogen and oxygen atoms in total. The summed E-state index contributed by atoms with van der Waals surface area (Å²) in [5.74, 6) is -4.05. The normalized spacial score (nSPS) is 12.4. The summed E-state index contributed by atoms with van der Waals surface area (Å²) >= 11 is 5.70. The molecule has 30 heavy (non-hydrogen) atoms. The zero-order valence-electron chi connectivity index (χ0n) is 14.9. The van der Waals surface area contributed by atoms with Crippen LogP contribution in [-0.2, 0) is 10.0 Å². The van der Waals surface area contributed by atoms with Crippen LogP contribution in [0, 0.1) is 17.5 Å². The Morgan fingerprint density at radius 3 is 2.63 bits per heavy atom. The predicted octanol–water partition coefficient (Wildman–Crippen LogP) is 2.39. The van der Waals surface area contributed by atoms with Crippen LogP contribution < -0.4 is 15.9 Å². The van der Waals surface area contributed by atoms with Crippen molar-refractivity contribution in [2.45, 2.75) is 0 Å². The van der Waals surface area contributed by atoms with Crippen molar-refractivity contribution < 1.29 is 26.8 Å². The fourth-order valence-electron chi connectivity index (χ4n) is 2.51. The molecule has 0 saturated heterocycles. The van der Waals surface area contributed by atoms with Gasteiger partial charge < -0.3 is 10.3 Å². The Labute approximate surface area is 172 Å². The number of aliphatic imine (C=N–C) groups is 1. The second-order valence-corrected chi connectivity index (χ2v) is 8.13. The molecule has 1 heterocycles. The molecule has 0 saturated carbocycles. The Kier molecular flexibility index (Phi) is 6.17. The maximum absolute atomic E-state index is 14.2. The highest BCUT2D eigenvalue weighted by atomic mass is 35.5. The maximum Gasteiger partial charge on any atom is 0.210 e. The van der Waals surface area contributed by atoms with E-state index < -0.39 is 38.7 Å². The van der Waals surface area contributed by atoms with E-state index in [0.717, 1.165) is 12.1 Å². The van der Waals surface area contributed by atoms with E-state index in [9.17, 15) is 26.8 Å². The van der Waals surface area contributed by atoms with E-state index in [1.54, 1.807) is 5.48 Å². The summed E-state index contributed by atoms with van der Waals surface area (Å²) in [5, 5.41) is 16.7. The van der Waals surface area contributed by atoms with Gasteiger partial charge in [0.25, 0.3) is 0 Å². The number of primary sulfonamides is 1. The van der Waals surface area contributed by atoms with Gasteiger partial charge in [-0.1, -0.05) is 11.6 Å². The van der Waals surface area contributed by atoms with Crippen LogP contribution in [0.1, 0.15) is 5.56 Å². The van der Waals surface area contributed by atoms with Crippen molar-refractivity contribution in [2.75, 3.05) is 17.6 Å². The quantitative estimate of drug-likeness (QED) is 0.216. The Morgan fingerprint density at radius 2 is 2.00 bits per heavy atom. The number of amidine groups is 1. The van der Waals surface area contributed by atoms with Gasteiger partial charge in [-0.2, -0.15) is 0 Å². The molecule has 0 unspecified atom stereocenters. The van der Waals surface area contributed by atoms with Crippen molar-refractivity contribution in [3.8, 4) is 0 Å². The maximum atomic E-state index is 14.2. The molecule has 14 heteroatoms. The number of hydrogen-bond acceptors (Lipinski definition) is 6. The molecule has 160 valence electrons. The predicted molar refractivity (Wildman–Crippen MR) is 105 cm³/mol. The molecule has 6 N–H and O–H groups in total. The van der Waals surface area contributed by atoms with Crippen LogP contribution in [-0.4, -0.2) is 41.7 Å². The van der Waals surface area contributed by atoms with E-state index >= 15 is 0 Å². The number of sulfonamides is 1. The highest BCUT2D eigenvalue weighted by Crippen LogP contribution is 2.27.